The minimum Gasteiger partial charge on any atom is -0.440 e. The molecule has 2 N–H and O–H groups in total. The fraction of sp³-hybridized carbons (Fsp3) is 0.0500. The minimum absolute atomic E-state index is 0.0559. The van der Waals surface area contributed by atoms with Gasteiger partial charge in [0.2, 0.25) is 5.88 Å². The molecule has 5 heteroatoms. The highest BCUT2D eigenvalue weighted by atomic mass is 19.1. The predicted octanol–water partition coefficient (Wildman–Crippen LogP) is 4.34. The van der Waals surface area contributed by atoms with Crippen molar-refractivity contribution in [2.45, 2.75) is 5.92 Å². The lowest BCUT2D eigenvalue weighted by Crippen LogP contribution is -2.22. The number of nitriles is 1. The number of hydrogen-bond acceptors (Lipinski definition) is 3. The normalized spacial score (nSPS) is 16.3. The monoisotopic (exact) mass is 334 g/mol. The van der Waals surface area contributed by atoms with E-state index in [0.29, 0.717) is 11.3 Å². The molecule has 0 spiro atoms. The van der Waals surface area contributed by atoms with E-state index in [9.17, 15) is 14.0 Å². The third-order valence-corrected chi connectivity index (χ3v) is 4.38. The standard InChI is InChI=1S/C20H12F2N2O/c21-12-6-7-16(22)14(9-12)18-15(10-23)20(24)25-17-8-5-11-3-1-2-4-13(11)19(17)18/h1-9,18H,24H2. The van der Waals surface area contributed by atoms with Gasteiger partial charge in [-0.3, -0.25) is 0 Å². The highest BCUT2D eigenvalue weighted by Crippen LogP contribution is 2.46. The number of benzene rings is 3. The number of halogens is 2. The molecule has 1 unspecified atom stereocenters. The molecule has 0 saturated heterocycles. The summed E-state index contributed by atoms with van der Waals surface area (Å²) in [6.07, 6.45) is 0. The second-order valence-corrected chi connectivity index (χ2v) is 5.79. The van der Waals surface area contributed by atoms with E-state index >= 15 is 0 Å². The summed E-state index contributed by atoms with van der Waals surface area (Å²) in [4.78, 5) is 0. The number of nitrogens with two attached hydrogens (primary N) is 1. The number of fused-ring (bicyclic) bond motifs is 3. The summed E-state index contributed by atoms with van der Waals surface area (Å²) in [6, 6.07) is 16.3. The van der Waals surface area contributed by atoms with Crippen molar-refractivity contribution in [2.75, 3.05) is 0 Å². The second-order valence-electron chi connectivity index (χ2n) is 5.79. The molecule has 25 heavy (non-hydrogen) atoms. The van der Waals surface area contributed by atoms with Crippen molar-refractivity contribution in [3.8, 4) is 11.8 Å². The van der Waals surface area contributed by atoms with E-state index in [2.05, 4.69) is 0 Å². The third-order valence-electron chi connectivity index (χ3n) is 4.38. The van der Waals surface area contributed by atoms with Crippen molar-refractivity contribution >= 4 is 10.8 Å². The van der Waals surface area contributed by atoms with Crippen LogP contribution in [0.1, 0.15) is 17.0 Å². The first-order chi connectivity index (χ1) is 12.1. The molecule has 0 radical (unpaired) electrons. The van der Waals surface area contributed by atoms with E-state index in [4.69, 9.17) is 10.5 Å². The number of allylic oxidation sites excluding steroid dienone is 1. The maximum atomic E-state index is 14.5. The van der Waals surface area contributed by atoms with Crippen LogP contribution in [0, 0.1) is 23.0 Å². The summed E-state index contributed by atoms with van der Waals surface area (Å²) >= 11 is 0. The lowest BCUT2D eigenvalue weighted by atomic mass is 9.81. The van der Waals surface area contributed by atoms with Crippen LogP contribution < -0.4 is 10.5 Å². The van der Waals surface area contributed by atoms with Gasteiger partial charge < -0.3 is 10.5 Å². The number of nitrogens with zero attached hydrogens (tertiary/aromatic N) is 1. The molecule has 1 atom stereocenters. The second kappa shape index (κ2) is 5.60. The van der Waals surface area contributed by atoms with Crippen molar-refractivity contribution in [3.05, 3.63) is 88.8 Å². The van der Waals surface area contributed by atoms with Crippen LogP contribution in [-0.4, -0.2) is 0 Å². The van der Waals surface area contributed by atoms with Crippen LogP contribution in [0.2, 0.25) is 0 Å². The summed E-state index contributed by atoms with van der Waals surface area (Å²) in [5, 5.41) is 11.3. The number of hydrogen-bond donors (Lipinski definition) is 1. The Morgan fingerprint density at radius 3 is 2.64 bits per heavy atom. The zero-order valence-electron chi connectivity index (χ0n) is 13.0. The van der Waals surface area contributed by atoms with E-state index in [-0.39, 0.29) is 17.0 Å². The Hall–Kier alpha value is -3.39. The molecular formula is C20H12F2N2O. The highest BCUT2D eigenvalue weighted by molar-refractivity contribution is 5.90. The van der Waals surface area contributed by atoms with Crippen LogP contribution in [0.3, 0.4) is 0 Å². The predicted molar refractivity (Wildman–Crippen MR) is 89.6 cm³/mol. The zero-order valence-corrected chi connectivity index (χ0v) is 13.0. The van der Waals surface area contributed by atoms with Gasteiger partial charge in [-0.1, -0.05) is 30.3 Å². The average Bonchev–Trinajstić information content (AvgIpc) is 2.62. The Bertz CT molecular complexity index is 1080. The number of ether oxygens (including phenoxy) is 1. The van der Waals surface area contributed by atoms with Gasteiger partial charge >= 0.3 is 0 Å². The molecule has 0 aliphatic carbocycles. The smallest absolute Gasteiger partial charge is 0.205 e. The van der Waals surface area contributed by atoms with Crippen molar-refractivity contribution in [1.82, 2.24) is 0 Å². The average molecular weight is 334 g/mol. The van der Waals surface area contributed by atoms with Crippen LogP contribution in [0.4, 0.5) is 8.78 Å². The molecule has 122 valence electrons. The molecule has 0 aromatic heterocycles. The zero-order chi connectivity index (χ0) is 17.6. The van der Waals surface area contributed by atoms with Crippen molar-refractivity contribution in [3.63, 3.8) is 0 Å². The first-order valence-electron chi connectivity index (χ1n) is 7.64. The Kier molecular flexibility index (Phi) is 3.40. The maximum absolute atomic E-state index is 14.5. The van der Waals surface area contributed by atoms with Crippen LogP contribution in [0.25, 0.3) is 10.8 Å². The van der Waals surface area contributed by atoms with Gasteiger partial charge in [0.1, 0.15) is 29.0 Å². The minimum atomic E-state index is -0.837. The Labute approximate surface area is 142 Å². The van der Waals surface area contributed by atoms with Crippen molar-refractivity contribution in [2.24, 2.45) is 5.73 Å². The Morgan fingerprint density at radius 2 is 1.84 bits per heavy atom. The molecule has 1 aliphatic rings. The molecule has 0 fully saturated rings. The van der Waals surface area contributed by atoms with E-state index in [1.54, 1.807) is 6.07 Å². The van der Waals surface area contributed by atoms with Crippen LogP contribution in [0.15, 0.2) is 66.1 Å². The van der Waals surface area contributed by atoms with Crippen molar-refractivity contribution in [1.29, 1.82) is 5.26 Å². The maximum Gasteiger partial charge on any atom is 0.205 e. The van der Waals surface area contributed by atoms with Gasteiger partial charge in [-0.2, -0.15) is 5.26 Å². The van der Waals surface area contributed by atoms with E-state index in [0.717, 1.165) is 29.0 Å². The molecule has 3 nitrogen and oxygen atoms in total. The lowest BCUT2D eigenvalue weighted by molar-refractivity contribution is 0.393. The van der Waals surface area contributed by atoms with Crippen molar-refractivity contribution < 1.29 is 13.5 Å². The third kappa shape index (κ3) is 2.31. The molecule has 1 aliphatic heterocycles. The summed E-state index contributed by atoms with van der Waals surface area (Å²) in [5.41, 5.74) is 6.61. The van der Waals surface area contributed by atoms with Gasteiger partial charge in [-0.25, -0.2) is 8.78 Å². The SMILES string of the molecule is N#CC1=C(N)Oc2ccc3ccccc3c2C1c1cc(F)ccc1F. The molecule has 0 saturated carbocycles. The van der Waals surface area contributed by atoms with Gasteiger partial charge in [-0.15, -0.1) is 0 Å². The summed E-state index contributed by atoms with van der Waals surface area (Å²) in [6.45, 7) is 0. The summed E-state index contributed by atoms with van der Waals surface area (Å²) in [5.74, 6) is -1.69. The Morgan fingerprint density at radius 1 is 1.04 bits per heavy atom. The highest BCUT2D eigenvalue weighted by Gasteiger charge is 2.34. The van der Waals surface area contributed by atoms with Gasteiger partial charge in [0.25, 0.3) is 0 Å². The van der Waals surface area contributed by atoms with E-state index in [1.807, 2.05) is 36.4 Å². The van der Waals surface area contributed by atoms with Crippen LogP contribution >= 0.6 is 0 Å². The first-order valence-corrected chi connectivity index (χ1v) is 7.64. The van der Waals surface area contributed by atoms with Crippen LogP contribution in [-0.2, 0) is 0 Å². The molecular weight excluding hydrogens is 322 g/mol. The summed E-state index contributed by atoms with van der Waals surface area (Å²) < 4.78 is 33.9. The molecule has 3 aromatic carbocycles. The van der Waals surface area contributed by atoms with Crippen LogP contribution in [0.5, 0.6) is 5.75 Å². The van der Waals surface area contributed by atoms with Gasteiger partial charge in [0.05, 0.1) is 5.92 Å². The van der Waals surface area contributed by atoms with Gasteiger partial charge in [-0.05, 0) is 35.0 Å². The van der Waals surface area contributed by atoms with E-state index < -0.39 is 17.6 Å². The first kappa shape index (κ1) is 15.2. The quantitative estimate of drug-likeness (QED) is 0.720. The molecule has 0 bridgehead atoms. The topological polar surface area (TPSA) is 59.0 Å². The Balaban J connectivity index is 2.10. The van der Waals surface area contributed by atoms with Gasteiger partial charge in [0, 0.05) is 11.1 Å². The lowest BCUT2D eigenvalue weighted by Gasteiger charge is -2.28. The summed E-state index contributed by atoms with van der Waals surface area (Å²) in [7, 11) is 0. The molecule has 3 aromatic rings. The van der Waals surface area contributed by atoms with E-state index in [1.165, 1.54) is 0 Å². The molecule has 0 amide bonds. The van der Waals surface area contributed by atoms with Gasteiger partial charge in [0.15, 0.2) is 0 Å². The molecule has 1 heterocycles. The molecule has 4 rings (SSSR count). The largest absolute Gasteiger partial charge is 0.440 e. The fourth-order valence-electron chi connectivity index (χ4n) is 3.29. The fourth-order valence-corrected chi connectivity index (χ4v) is 3.29. The number of rotatable bonds is 1.